The number of sulfonamides is 2. The average molecular weight is 683 g/mol. The van der Waals surface area contributed by atoms with E-state index in [9.17, 15) is 16.8 Å². The molecule has 1 atom stereocenters. The Morgan fingerprint density at radius 3 is 1.72 bits per heavy atom. The van der Waals surface area contributed by atoms with Gasteiger partial charge in [0.05, 0.1) is 11.5 Å². The van der Waals surface area contributed by atoms with Crippen molar-refractivity contribution in [2.24, 2.45) is 10.3 Å². The molecule has 2 aromatic carbocycles. The van der Waals surface area contributed by atoms with Crippen LogP contribution in [0.25, 0.3) is 0 Å². The SMILES string of the molecule is C[C@H]1CCCN1c1ncnc(Nc2cccc(CS(N)(=O)=O)c2)n1.NS(=O)(=O)Cc1cccc(Nc2ncnc(N3CCCC3)n2)c1. The highest BCUT2D eigenvalue weighted by Gasteiger charge is 2.23. The number of rotatable bonds is 10. The number of nitrogens with zero attached hydrogens (tertiary/aromatic N) is 8. The van der Waals surface area contributed by atoms with Gasteiger partial charge in [0.25, 0.3) is 0 Å². The van der Waals surface area contributed by atoms with Gasteiger partial charge in [0.2, 0.25) is 43.8 Å². The van der Waals surface area contributed by atoms with Gasteiger partial charge < -0.3 is 20.4 Å². The molecule has 2 aromatic heterocycles. The van der Waals surface area contributed by atoms with Gasteiger partial charge in [-0.3, -0.25) is 0 Å². The van der Waals surface area contributed by atoms with Gasteiger partial charge in [0.15, 0.2) is 0 Å². The van der Waals surface area contributed by atoms with Crippen LogP contribution in [0.3, 0.4) is 0 Å². The maximum Gasteiger partial charge on any atom is 0.231 e. The van der Waals surface area contributed by atoms with Gasteiger partial charge in [-0.25, -0.2) is 47.0 Å². The average Bonchev–Trinajstić information content (AvgIpc) is 3.69. The zero-order valence-corrected chi connectivity index (χ0v) is 27.5. The van der Waals surface area contributed by atoms with Crippen LogP contribution in [-0.2, 0) is 31.6 Å². The van der Waals surface area contributed by atoms with Crippen molar-refractivity contribution in [3.63, 3.8) is 0 Å². The van der Waals surface area contributed by atoms with E-state index in [0.717, 1.165) is 45.3 Å². The van der Waals surface area contributed by atoms with Crippen LogP contribution in [0.15, 0.2) is 61.2 Å². The molecule has 4 aromatic rings. The topological polar surface area (TPSA) is 228 Å². The second-order valence-corrected chi connectivity index (χ2v) is 14.6. The third kappa shape index (κ3) is 10.5. The highest BCUT2D eigenvalue weighted by atomic mass is 32.2. The molecule has 6 rings (SSSR count). The van der Waals surface area contributed by atoms with Crippen molar-refractivity contribution >= 4 is 55.2 Å². The first kappa shape index (κ1) is 33.8. The Kier molecular flexibility index (Phi) is 10.7. The summed E-state index contributed by atoms with van der Waals surface area (Å²) in [6, 6.07) is 14.4. The molecule has 0 amide bonds. The van der Waals surface area contributed by atoms with Crippen molar-refractivity contribution in [3.05, 3.63) is 72.3 Å². The first-order chi connectivity index (χ1) is 22.4. The summed E-state index contributed by atoms with van der Waals surface area (Å²) in [7, 11) is -7.13. The maximum atomic E-state index is 11.2. The number of aromatic nitrogens is 6. The van der Waals surface area contributed by atoms with Crippen LogP contribution < -0.4 is 30.7 Å². The Morgan fingerprint density at radius 2 is 1.23 bits per heavy atom. The molecule has 0 saturated carbocycles. The van der Waals surface area contributed by atoms with Crippen LogP contribution in [0.1, 0.15) is 43.7 Å². The molecule has 16 nitrogen and oxygen atoms in total. The van der Waals surface area contributed by atoms with Gasteiger partial charge in [-0.1, -0.05) is 24.3 Å². The van der Waals surface area contributed by atoms with E-state index in [4.69, 9.17) is 10.3 Å². The largest absolute Gasteiger partial charge is 0.341 e. The molecule has 250 valence electrons. The summed E-state index contributed by atoms with van der Waals surface area (Å²) in [6.45, 7) is 5.00. The third-order valence-corrected chi connectivity index (χ3v) is 8.89. The molecular formula is C29H38N12O4S2. The monoisotopic (exact) mass is 682 g/mol. The molecule has 2 saturated heterocycles. The van der Waals surface area contributed by atoms with E-state index >= 15 is 0 Å². The molecule has 0 bridgehead atoms. The Labute approximate surface area is 274 Å². The highest BCUT2D eigenvalue weighted by molar-refractivity contribution is 7.88. The van der Waals surface area contributed by atoms with Gasteiger partial charge in [0.1, 0.15) is 12.7 Å². The van der Waals surface area contributed by atoms with E-state index in [2.05, 4.69) is 57.3 Å². The number of primary sulfonamides is 2. The summed E-state index contributed by atoms with van der Waals surface area (Å²) in [5.41, 5.74) is 2.60. The molecule has 0 spiro atoms. The van der Waals surface area contributed by atoms with Gasteiger partial charge in [-0.2, -0.15) is 9.97 Å². The number of nitrogens with two attached hydrogens (primary N) is 2. The molecule has 6 N–H and O–H groups in total. The van der Waals surface area contributed by atoms with Gasteiger partial charge >= 0.3 is 0 Å². The zero-order chi connectivity index (χ0) is 33.4. The van der Waals surface area contributed by atoms with E-state index < -0.39 is 20.0 Å². The van der Waals surface area contributed by atoms with E-state index in [1.165, 1.54) is 12.7 Å². The number of benzene rings is 2. The Morgan fingerprint density at radius 1 is 0.723 bits per heavy atom. The van der Waals surface area contributed by atoms with Crippen molar-refractivity contribution < 1.29 is 16.8 Å². The summed E-state index contributed by atoms with van der Waals surface area (Å²) >= 11 is 0. The lowest BCUT2D eigenvalue weighted by molar-refractivity contribution is 0.595. The molecule has 0 radical (unpaired) electrons. The molecule has 4 heterocycles. The Balaban J connectivity index is 0.000000185. The Bertz CT molecular complexity index is 1890. The standard InChI is InChI=1S/C15H20N6O2S.C14H18N6O2S/c1-11-4-3-7-21(11)15-18-10-17-14(20-15)19-13-6-2-5-12(8-13)9-24(16,22)23;15-23(21,22)9-11-4-3-5-12(8-11)18-13-16-10-17-14(19-13)20-6-1-2-7-20/h2,5-6,8,10-11H,3-4,7,9H2,1H3,(H2,16,22,23)(H,17,18,19,20);3-5,8,10H,1-2,6-7,9H2,(H2,15,21,22)(H,16,17,18,19)/t11-;/m0./s1. The van der Waals surface area contributed by atoms with E-state index in [0.29, 0.717) is 52.3 Å². The second kappa shape index (κ2) is 14.9. The smallest absolute Gasteiger partial charge is 0.231 e. The molecule has 0 unspecified atom stereocenters. The lowest BCUT2D eigenvalue weighted by Crippen LogP contribution is -2.28. The molecule has 2 aliphatic rings. The van der Waals surface area contributed by atoms with Crippen molar-refractivity contribution in [2.45, 2.75) is 50.2 Å². The maximum absolute atomic E-state index is 11.2. The first-order valence-corrected chi connectivity index (χ1v) is 18.5. The summed E-state index contributed by atoms with van der Waals surface area (Å²) in [5, 5.41) is 16.3. The summed E-state index contributed by atoms with van der Waals surface area (Å²) in [6.07, 6.45) is 7.49. The molecule has 18 heteroatoms. The second-order valence-electron chi connectivity index (χ2n) is 11.4. The normalized spacial score (nSPS) is 16.4. The number of nitrogens with one attached hydrogen (secondary N) is 2. The predicted octanol–water partition coefficient (Wildman–Crippen LogP) is 2.40. The Hall–Kier alpha value is -4.52. The van der Waals surface area contributed by atoms with Crippen molar-refractivity contribution in [1.29, 1.82) is 0 Å². The van der Waals surface area contributed by atoms with Crippen LogP contribution in [-0.4, -0.2) is 72.4 Å². The quantitative estimate of drug-likeness (QED) is 0.188. The molecule has 0 aliphatic carbocycles. The minimum Gasteiger partial charge on any atom is -0.341 e. The fourth-order valence-corrected chi connectivity index (χ4v) is 6.62. The van der Waals surface area contributed by atoms with E-state index in [1.54, 1.807) is 36.4 Å². The fourth-order valence-electron chi connectivity index (χ4n) is 5.33. The number of hydrogen-bond donors (Lipinski definition) is 4. The number of anilines is 6. The minimum atomic E-state index is -3.57. The summed E-state index contributed by atoms with van der Waals surface area (Å²) < 4.78 is 44.8. The fraction of sp³-hybridized carbons (Fsp3) is 0.379. The van der Waals surface area contributed by atoms with Crippen molar-refractivity contribution in [1.82, 2.24) is 29.9 Å². The van der Waals surface area contributed by atoms with E-state index in [1.807, 2.05) is 12.1 Å². The summed E-state index contributed by atoms with van der Waals surface area (Å²) in [5.74, 6) is 1.73. The van der Waals surface area contributed by atoms with Crippen molar-refractivity contribution in [2.75, 3.05) is 40.1 Å². The predicted molar refractivity (Wildman–Crippen MR) is 180 cm³/mol. The summed E-state index contributed by atoms with van der Waals surface area (Å²) in [4.78, 5) is 29.8. The molecule has 2 fully saturated rings. The number of hydrogen-bond acceptors (Lipinski definition) is 14. The highest BCUT2D eigenvalue weighted by Crippen LogP contribution is 2.23. The molecule has 2 aliphatic heterocycles. The lowest BCUT2D eigenvalue weighted by Gasteiger charge is -2.21. The van der Waals surface area contributed by atoms with Crippen LogP contribution in [0, 0.1) is 0 Å². The minimum absolute atomic E-state index is 0.210. The molecular weight excluding hydrogens is 645 g/mol. The zero-order valence-electron chi connectivity index (χ0n) is 25.9. The van der Waals surface area contributed by atoms with E-state index in [-0.39, 0.29) is 11.5 Å². The van der Waals surface area contributed by atoms with Crippen LogP contribution >= 0.6 is 0 Å². The van der Waals surface area contributed by atoms with Gasteiger partial charge in [-0.15, -0.1) is 0 Å². The van der Waals surface area contributed by atoms with Gasteiger partial charge in [0, 0.05) is 37.1 Å². The lowest BCUT2D eigenvalue weighted by atomic mass is 10.2. The van der Waals surface area contributed by atoms with Crippen molar-refractivity contribution in [3.8, 4) is 0 Å². The third-order valence-electron chi connectivity index (χ3n) is 7.42. The van der Waals surface area contributed by atoms with Gasteiger partial charge in [-0.05, 0) is 68.0 Å². The van der Waals surface area contributed by atoms with Crippen LogP contribution in [0.5, 0.6) is 0 Å². The van der Waals surface area contributed by atoms with Crippen LogP contribution in [0.2, 0.25) is 0 Å². The first-order valence-electron chi connectivity index (χ1n) is 15.0. The van der Waals surface area contributed by atoms with Crippen LogP contribution in [0.4, 0.5) is 35.2 Å². The molecule has 47 heavy (non-hydrogen) atoms.